The lowest BCUT2D eigenvalue weighted by atomic mass is 10.0. The molecule has 0 aliphatic rings. The summed E-state index contributed by atoms with van der Waals surface area (Å²) in [5.74, 6) is -0.863. The van der Waals surface area contributed by atoms with Gasteiger partial charge in [-0.15, -0.1) is 0 Å². The number of hydrogen-bond acceptors (Lipinski definition) is 6. The molecule has 0 bridgehead atoms. The lowest BCUT2D eigenvalue weighted by molar-refractivity contribution is -0.167. The van der Waals surface area contributed by atoms with Gasteiger partial charge in [0.1, 0.15) is 13.2 Å². The fraction of sp³-hybridized carbons (Fsp3) is 0.871. The smallest absolute Gasteiger partial charge is 0.306 e. The van der Waals surface area contributed by atoms with Crippen LogP contribution >= 0.6 is 0 Å². The highest BCUT2D eigenvalue weighted by atomic mass is 16.6. The van der Waals surface area contributed by atoms with Crippen LogP contribution in [0.5, 0.6) is 0 Å². The Hall–Kier alpha value is -2.37. The normalized spacial score (nSPS) is 12.2. The first kappa shape index (κ1) is 73.6. The van der Waals surface area contributed by atoms with Crippen molar-refractivity contribution in [1.82, 2.24) is 0 Å². The SMILES string of the molecule is CCCCCC/C=C\C/C=C\CCCCCCCC(=O)OCC(COC(=O)CCCCCCCCCCCCCCCCCCCCCCCCC)OC(=O)CCCCCCCCCCC/C=C\CCCCCCCC. The third kappa shape index (κ3) is 62.5. The summed E-state index contributed by atoms with van der Waals surface area (Å²) >= 11 is 0. The molecule has 0 rings (SSSR count). The van der Waals surface area contributed by atoms with E-state index in [1.807, 2.05) is 0 Å². The van der Waals surface area contributed by atoms with Crippen LogP contribution in [0, 0.1) is 0 Å². The quantitative estimate of drug-likeness (QED) is 0.0261. The highest BCUT2D eigenvalue weighted by Crippen LogP contribution is 2.18. The molecule has 6 nitrogen and oxygen atoms in total. The fourth-order valence-electron chi connectivity index (χ4n) is 10.2. The van der Waals surface area contributed by atoms with Gasteiger partial charge in [-0.3, -0.25) is 14.4 Å². The van der Waals surface area contributed by atoms with Crippen LogP contribution in [-0.2, 0) is 28.6 Å². The molecule has 0 saturated carbocycles. The van der Waals surface area contributed by atoms with Crippen molar-refractivity contribution in [1.29, 1.82) is 0 Å². The van der Waals surface area contributed by atoms with Crippen LogP contribution in [0.1, 0.15) is 374 Å². The standard InChI is InChI=1S/C70H130O6/c1-4-7-10-13-16-19-22-25-28-31-33-34-35-36-38-39-42-45-48-51-54-57-60-63-69(72)75-66-67(65-74-68(71)62-59-56-53-50-47-44-41-30-27-24-21-18-15-12-9-6-3)76-70(73)64-61-58-55-52-49-46-43-40-37-32-29-26-23-20-17-14-11-8-5-2/h21,24,26,29-30,41,67H,4-20,22-23,25,27-28,31-40,42-66H2,1-3H3/b24-21-,29-26-,41-30-. The number of hydrogen-bond donors (Lipinski definition) is 0. The fourth-order valence-corrected chi connectivity index (χ4v) is 10.2. The van der Waals surface area contributed by atoms with E-state index in [0.29, 0.717) is 19.3 Å². The van der Waals surface area contributed by atoms with Crippen molar-refractivity contribution in [2.24, 2.45) is 0 Å². The molecule has 0 aromatic rings. The van der Waals surface area contributed by atoms with Crippen molar-refractivity contribution in [3.63, 3.8) is 0 Å². The topological polar surface area (TPSA) is 78.9 Å². The van der Waals surface area contributed by atoms with Crippen LogP contribution in [0.4, 0.5) is 0 Å². The van der Waals surface area contributed by atoms with E-state index >= 15 is 0 Å². The van der Waals surface area contributed by atoms with E-state index in [0.717, 1.165) is 77.0 Å². The molecule has 0 saturated heterocycles. The molecule has 0 amide bonds. The largest absolute Gasteiger partial charge is 0.462 e. The predicted octanol–water partition coefficient (Wildman–Crippen LogP) is 23.2. The van der Waals surface area contributed by atoms with E-state index in [1.54, 1.807) is 0 Å². The zero-order valence-electron chi connectivity index (χ0n) is 51.3. The number of rotatable bonds is 63. The van der Waals surface area contributed by atoms with Crippen LogP contribution in [-0.4, -0.2) is 37.2 Å². The second kappa shape index (κ2) is 65.2. The van der Waals surface area contributed by atoms with Crippen molar-refractivity contribution in [3.05, 3.63) is 36.5 Å². The summed E-state index contributed by atoms with van der Waals surface area (Å²) in [7, 11) is 0. The Kier molecular flexibility index (Phi) is 63.1. The van der Waals surface area contributed by atoms with Crippen LogP contribution in [0.2, 0.25) is 0 Å². The maximum atomic E-state index is 12.9. The molecule has 0 aromatic heterocycles. The van der Waals surface area contributed by atoms with Crippen molar-refractivity contribution in [2.45, 2.75) is 380 Å². The summed E-state index contributed by atoms with van der Waals surface area (Å²) in [6.07, 6.45) is 80.2. The molecule has 0 aliphatic heterocycles. The number of ether oxygens (including phenoxy) is 3. The molecule has 76 heavy (non-hydrogen) atoms. The van der Waals surface area contributed by atoms with Crippen LogP contribution in [0.3, 0.4) is 0 Å². The zero-order valence-corrected chi connectivity index (χ0v) is 51.3. The van der Waals surface area contributed by atoms with Crippen LogP contribution in [0.25, 0.3) is 0 Å². The summed E-state index contributed by atoms with van der Waals surface area (Å²) in [5.41, 5.74) is 0. The molecule has 0 radical (unpaired) electrons. The second-order valence-corrected chi connectivity index (χ2v) is 23.1. The Labute approximate surface area is 474 Å². The molecule has 0 heterocycles. The maximum absolute atomic E-state index is 12.9. The molecule has 1 unspecified atom stereocenters. The maximum Gasteiger partial charge on any atom is 0.306 e. The molecule has 0 aromatic carbocycles. The molecule has 0 fully saturated rings. The molecule has 0 N–H and O–H groups in total. The lowest BCUT2D eigenvalue weighted by Gasteiger charge is -2.18. The minimum Gasteiger partial charge on any atom is -0.462 e. The number of carbonyl (C=O) groups excluding carboxylic acids is 3. The van der Waals surface area contributed by atoms with Crippen LogP contribution < -0.4 is 0 Å². The third-order valence-corrected chi connectivity index (χ3v) is 15.4. The lowest BCUT2D eigenvalue weighted by Crippen LogP contribution is -2.30. The van der Waals surface area contributed by atoms with Gasteiger partial charge in [-0.1, -0.05) is 314 Å². The molecular weight excluding hydrogens is 937 g/mol. The summed E-state index contributed by atoms with van der Waals surface area (Å²) < 4.78 is 17.0. The van der Waals surface area contributed by atoms with E-state index in [1.165, 1.54) is 257 Å². The van der Waals surface area contributed by atoms with E-state index in [9.17, 15) is 14.4 Å². The van der Waals surface area contributed by atoms with E-state index < -0.39 is 6.10 Å². The van der Waals surface area contributed by atoms with Gasteiger partial charge in [-0.2, -0.15) is 0 Å². The monoisotopic (exact) mass is 1070 g/mol. The second-order valence-electron chi connectivity index (χ2n) is 23.1. The average molecular weight is 1070 g/mol. The predicted molar refractivity (Wildman–Crippen MR) is 330 cm³/mol. The van der Waals surface area contributed by atoms with Gasteiger partial charge >= 0.3 is 17.9 Å². The van der Waals surface area contributed by atoms with Gasteiger partial charge in [0, 0.05) is 19.3 Å². The van der Waals surface area contributed by atoms with E-state index in [-0.39, 0.29) is 31.1 Å². The zero-order chi connectivity index (χ0) is 55.0. The van der Waals surface area contributed by atoms with Gasteiger partial charge in [0.15, 0.2) is 6.10 Å². The van der Waals surface area contributed by atoms with Gasteiger partial charge in [-0.05, 0) is 77.0 Å². The van der Waals surface area contributed by atoms with Gasteiger partial charge < -0.3 is 14.2 Å². The highest BCUT2D eigenvalue weighted by Gasteiger charge is 2.19. The Morgan fingerprint density at radius 3 is 0.750 bits per heavy atom. The minimum absolute atomic E-state index is 0.0729. The summed E-state index contributed by atoms with van der Waals surface area (Å²) in [6.45, 7) is 6.68. The molecule has 0 spiro atoms. The summed E-state index contributed by atoms with van der Waals surface area (Å²) in [5, 5.41) is 0. The molecular formula is C70H130O6. The number of esters is 3. The first-order valence-electron chi connectivity index (χ1n) is 34.0. The average Bonchev–Trinajstić information content (AvgIpc) is 3.42. The van der Waals surface area contributed by atoms with E-state index in [2.05, 4.69) is 57.2 Å². The number of allylic oxidation sites excluding steroid dienone is 6. The van der Waals surface area contributed by atoms with Gasteiger partial charge in [0.25, 0.3) is 0 Å². The van der Waals surface area contributed by atoms with Gasteiger partial charge in [0.2, 0.25) is 0 Å². The molecule has 446 valence electrons. The first-order chi connectivity index (χ1) is 37.5. The molecule has 1 atom stereocenters. The van der Waals surface area contributed by atoms with Crippen molar-refractivity contribution >= 4 is 17.9 Å². The third-order valence-electron chi connectivity index (χ3n) is 15.4. The number of unbranched alkanes of at least 4 members (excludes halogenated alkanes) is 46. The summed E-state index contributed by atoms with van der Waals surface area (Å²) in [4.78, 5) is 38.4. The Morgan fingerprint density at radius 2 is 0.474 bits per heavy atom. The Morgan fingerprint density at radius 1 is 0.263 bits per heavy atom. The minimum atomic E-state index is -0.778. The van der Waals surface area contributed by atoms with Gasteiger partial charge in [-0.25, -0.2) is 0 Å². The summed E-state index contributed by atoms with van der Waals surface area (Å²) in [6, 6.07) is 0. The van der Waals surface area contributed by atoms with Crippen molar-refractivity contribution in [3.8, 4) is 0 Å². The molecule has 0 aliphatic carbocycles. The first-order valence-corrected chi connectivity index (χ1v) is 34.0. The Bertz CT molecular complexity index is 1270. The highest BCUT2D eigenvalue weighted by molar-refractivity contribution is 5.71. The molecule has 6 heteroatoms. The van der Waals surface area contributed by atoms with Crippen LogP contribution in [0.15, 0.2) is 36.5 Å². The van der Waals surface area contributed by atoms with Crippen molar-refractivity contribution < 1.29 is 28.6 Å². The van der Waals surface area contributed by atoms with Gasteiger partial charge in [0.05, 0.1) is 0 Å². The van der Waals surface area contributed by atoms with E-state index in [4.69, 9.17) is 14.2 Å². The van der Waals surface area contributed by atoms with Crippen molar-refractivity contribution in [2.75, 3.05) is 13.2 Å². The number of carbonyl (C=O) groups is 3. The Balaban J connectivity index is 4.30.